The number of likely N-dealkylation sites (tertiary alicyclic amines) is 1. The van der Waals surface area contributed by atoms with Gasteiger partial charge in [-0.05, 0) is 51.7 Å². The van der Waals surface area contributed by atoms with E-state index >= 15 is 0 Å². The molecule has 0 spiro atoms. The Morgan fingerprint density at radius 3 is 2.50 bits per heavy atom. The van der Waals surface area contributed by atoms with E-state index in [0.29, 0.717) is 11.8 Å². The van der Waals surface area contributed by atoms with Crippen LogP contribution in [0.25, 0.3) is 0 Å². The summed E-state index contributed by atoms with van der Waals surface area (Å²) in [5.74, 6) is 0.630. The van der Waals surface area contributed by atoms with Crippen molar-refractivity contribution in [2.45, 2.75) is 44.9 Å². The lowest BCUT2D eigenvalue weighted by atomic mass is 10.1. The number of carbonyl (C=O) groups excluding carboxylic acids is 1. The van der Waals surface area contributed by atoms with E-state index in [9.17, 15) is 4.79 Å². The van der Waals surface area contributed by atoms with E-state index in [4.69, 9.17) is 0 Å². The summed E-state index contributed by atoms with van der Waals surface area (Å²) in [4.78, 5) is 14.2. The predicted octanol–water partition coefficient (Wildman–Crippen LogP) is 1.78. The Kier molecular flexibility index (Phi) is 4.64. The Balaban J connectivity index is 1.51. The van der Waals surface area contributed by atoms with Crippen molar-refractivity contribution < 1.29 is 4.79 Å². The molecule has 2 aliphatic rings. The smallest absolute Gasteiger partial charge is 0.223 e. The molecule has 0 aromatic carbocycles. The van der Waals surface area contributed by atoms with Gasteiger partial charge in [0, 0.05) is 12.5 Å². The van der Waals surface area contributed by atoms with Gasteiger partial charge in [0.15, 0.2) is 0 Å². The molecule has 0 unspecified atom stereocenters. The van der Waals surface area contributed by atoms with Crippen LogP contribution in [0.3, 0.4) is 0 Å². The van der Waals surface area contributed by atoms with E-state index < -0.39 is 0 Å². The molecule has 3 heteroatoms. The first-order valence-corrected chi connectivity index (χ1v) is 6.86. The van der Waals surface area contributed by atoms with Crippen molar-refractivity contribution in [2.24, 2.45) is 5.92 Å². The fraction of sp³-hybridized carbons (Fsp3) is 0.923. The highest BCUT2D eigenvalue weighted by molar-refractivity contribution is 5.78. The van der Waals surface area contributed by atoms with Crippen molar-refractivity contribution in [1.29, 1.82) is 0 Å². The summed E-state index contributed by atoms with van der Waals surface area (Å²) in [5, 5.41) is 3.08. The number of nitrogens with zero attached hydrogens (tertiary/aromatic N) is 1. The number of nitrogens with one attached hydrogen (secondary N) is 1. The molecule has 1 aliphatic heterocycles. The van der Waals surface area contributed by atoms with Crippen molar-refractivity contribution in [3.63, 3.8) is 0 Å². The fourth-order valence-corrected chi connectivity index (χ4v) is 2.85. The molecule has 0 aromatic rings. The van der Waals surface area contributed by atoms with Crippen LogP contribution in [-0.2, 0) is 4.79 Å². The monoisotopic (exact) mass is 224 g/mol. The molecule has 1 N–H and O–H groups in total. The van der Waals surface area contributed by atoms with Gasteiger partial charge in [-0.3, -0.25) is 4.79 Å². The lowest BCUT2D eigenvalue weighted by Gasteiger charge is -2.15. The summed E-state index contributed by atoms with van der Waals surface area (Å²) in [7, 11) is 0. The van der Waals surface area contributed by atoms with Crippen molar-refractivity contribution in [3.05, 3.63) is 0 Å². The van der Waals surface area contributed by atoms with E-state index in [2.05, 4.69) is 10.2 Å². The van der Waals surface area contributed by atoms with Gasteiger partial charge in [0.25, 0.3) is 0 Å². The Morgan fingerprint density at radius 1 is 1.12 bits per heavy atom. The van der Waals surface area contributed by atoms with Gasteiger partial charge < -0.3 is 10.2 Å². The third-order valence-electron chi connectivity index (χ3n) is 3.87. The SMILES string of the molecule is O=C(NCCCN1CCCC1)C1CCCC1. The highest BCUT2D eigenvalue weighted by atomic mass is 16.1. The molecule has 0 radical (unpaired) electrons. The van der Waals surface area contributed by atoms with Gasteiger partial charge in [0.1, 0.15) is 0 Å². The molecule has 2 fully saturated rings. The van der Waals surface area contributed by atoms with Crippen LogP contribution in [0.15, 0.2) is 0 Å². The van der Waals surface area contributed by atoms with Gasteiger partial charge in [0.05, 0.1) is 0 Å². The maximum Gasteiger partial charge on any atom is 0.223 e. The zero-order valence-corrected chi connectivity index (χ0v) is 10.2. The summed E-state index contributed by atoms with van der Waals surface area (Å²) >= 11 is 0. The Bertz CT molecular complexity index is 218. The maximum absolute atomic E-state index is 11.7. The zero-order chi connectivity index (χ0) is 11.2. The summed E-state index contributed by atoms with van der Waals surface area (Å²) in [6.07, 6.45) is 8.52. The van der Waals surface area contributed by atoms with Gasteiger partial charge in [0.2, 0.25) is 5.91 Å². The quantitative estimate of drug-likeness (QED) is 0.722. The summed E-state index contributed by atoms with van der Waals surface area (Å²) < 4.78 is 0. The number of hydrogen-bond donors (Lipinski definition) is 1. The molecular formula is C13H24N2O. The molecular weight excluding hydrogens is 200 g/mol. The average Bonchev–Trinajstić information content (AvgIpc) is 2.96. The highest BCUT2D eigenvalue weighted by Crippen LogP contribution is 2.24. The normalized spacial score (nSPS) is 22.8. The van der Waals surface area contributed by atoms with Gasteiger partial charge in [-0.15, -0.1) is 0 Å². The van der Waals surface area contributed by atoms with Crippen molar-refractivity contribution in [1.82, 2.24) is 10.2 Å². The number of hydrogen-bond acceptors (Lipinski definition) is 2. The van der Waals surface area contributed by atoms with Crippen molar-refractivity contribution in [3.8, 4) is 0 Å². The predicted molar refractivity (Wildman–Crippen MR) is 65.3 cm³/mol. The molecule has 1 saturated carbocycles. The van der Waals surface area contributed by atoms with Crippen LogP contribution in [0.5, 0.6) is 0 Å². The van der Waals surface area contributed by atoms with Gasteiger partial charge in [-0.1, -0.05) is 12.8 Å². The summed E-state index contributed by atoms with van der Waals surface area (Å²) in [6.45, 7) is 4.55. The average molecular weight is 224 g/mol. The minimum atomic E-state index is 0.305. The number of amides is 1. The first kappa shape index (κ1) is 11.9. The number of carbonyl (C=O) groups is 1. The molecule has 16 heavy (non-hydrogen) atoms. The minimum Gasteiger partial charge on any atom is -0.356 e. The molecule has 3 nitrogen and oxygen atoms in total. The third kappa shape index (κ3) is 3.48. The van der Waals surface area contributed by atoms with Gasteiger partial charge in [-0.25, -0.2) is 0 Å². The molecule has 1 heterocycles. The molecule has 0 bridgehead atoms. The third-order valence-corrected chi connectivity index (χ3v) is 3.87. The van der Waals surface area contributed by atoms with Gasteiger partial charge >= 0.3 is 0 Å². The molecule has 1 saturated heterocycles. The molecule has 0 atom stereocenters. The lowest BCUT2D eigenvalue weighted by molar-refractivity contribution is -0.124. The van der Waals surface area contributed by atoms with E-state index in [1.54, 1.807) is 0 Å². The second-order valence-electron chi connectivity index (χ2n) is 5.17. The van der Waals surface area contributed by atoms with Gasteiger partial charge in [-0.2, -0.15) is 0 Å². The van der Waals surface area contributed by atoms with E-state index in [0.717, 1.165) is 32.4 Å². The Labute approximate surface area is 98.6 Å². The molecule has 1 aliphatic carbocycles. The van der Waals surface area contributed by atoms with Crippen LogP contribution in [0.2, 0.25) is 0 Å². The van der Waals surface area contributed by atoms with Crippen LogP contribution in [-0.4, -0.2) is 37.0 Å². The summed E-state index contributed by atoms with van der Waals surface area (Å²) in [6, 6.07) is 0. The first-order chi connectivity index (χ1) is 7.86. The topological polar surface area (TPSA) is 32.3 Å². The zero-order valence-electron chi connectivity index (χ0n) is 10.2. The lowest BCUT2D eigenvalue weighted by Crippen LogP contribution is -2.32. The van der Waals surface area contributed by atoms with E-state index in [-0.39, 0.29) is 0 Å². The Hall–Kier alpha value is -0.570. The minimum absolute atomic E-state index is 0.305. The second kappa shape index (κ2) is 6.24. The number of rotatable bonds is 5. The first-order valence-electron chi connectivity index (χ1n) is 6.86. The molecule has 2 rings (SSSR count). The molecule has 92 valence electrons. The van der Waals surface area contributed by atoms with Crippen LogP contribution >= 0.6 is 0 Å². The van der Waals surface area contributed by atoms with Crippen LogP contribution in [0.4, 0.5) is 0 Å². The van der Waals surface area contributed by atoms with Crippen LogP contribution in [0, 0.1) is 5.92 Å². The van der Waals surface area contributed by atoms with Crippen LogP contribution < -0.4 is 5.32 Å². The van der Waals surface area contributed by atoms with Crippen molar-refractivity contribution in [2.75, 3.05) is 26.2 Å². The molecule has 1 amide bonds. The fourth-order valence-electron chi connectivity index (χ4n) is 2.85. The van der Waals surface area contributed by atoms with E-state index in [1.165, 1.54) is 38.8 Å². The molecule has 0 aromatic heterocycles. The second-order valence-corrected chi connectivity index (χ2v) is 5.17. The largest absolute Gasteiger partial charge is 0.356 e. The summed E-state index contributed by atoms with van der Waals surface area (Å²) in [5.41, 5.74) is 0. The standard InChI is InChI=1S/C13H24N2O/c16-13(12-6-1-2-7-12)14-8-5-11-15-9-3-4-10-15/h12H,1-11H2,(H,14,16). The van der Waals surface area contributed by atoms with Crippen molar-refractivity contribution >= 4 is 5.91 Å². The van der Waals surface area contributed by atoms with E-state index in [1.807, 2.05) is 0 Å². The van der Waals surface area contributed by atoms with Crippen LogP contribution in [0.1, 0.15) is 44.9 Å². The highest BCUT2D eigenvalue weighted by Gasteiger charge is 2.21. The maximum atomic E-state index is 11.7. The Morgan fingerprint density at radius 2 is 1.81 bits per heavy atom.